The predicted octanol–water partition coefficient (Wildman–Crippen LogP) is 11.3. The molecule has 0 aliphatic heterocycles. The molecule has 4 heteroatoms. The maximum Gasteiger partial charge on any atom is 0.0770 e. The minimum Gasteiger partial charge on any atom is -0.305 e. The van der Waals surface area contributed by atoms with Gasteiger partial charge in [0, 0.05) is 49.6 Å². The predicted molar refractivity (Wildman–Crippen MR) is 198 cm³/mol. The van der Waals surface area contributed by atoms with Crippen LogP contribution in [0.3, 0.4) is 0 Å². The standard InChI is InChI=1S/C33H23N2.C12H10N.Ir/c1-23-13-15-25(16-14-23)29-17-18-30(26-10-7-11-27(20-26)32-12-5-6-19-34-32)33-31(29)21-28(22-35-33)24-8-3-2-4-9-24;1-10-7-8-13-12(9-10)11-5-3-2-4-6-11;/h2-10,12-22H,1H3;2-5,7-9H,1H3;/q2*-1;. The summed E-state index contributed by atoms with van der Waals surface area (Å²) >= 11 is 0. The monoisotopic (exact) mass is 808 g/mol. The topological polar surface area (TPSA) is 38.7 Å². The third kappa shape index (κ3) is 7.79. The summed E-state index contributed by atoms with van der Waals surface area (Å²) in [6, 6.07) is 56.4. The van der Waals surface area contributed by atoms with E-state index < -0.39 is 0 Å². The molecule has 0 saturated heterocycles. The minimum absolute atomic E-state index is 0. The first-order valence-corrected chi connectivity index (χ1v) is 16.0. The number of hydrogen-bond acceptors (Lipinski definition) is 3. The average Bonchev–Trinajstić information content (AvgIpc) is 3.16. The first-order chi connectivity index (χ1) is 23.6. The Morgan fingerprint density at radius 1 is 0.449 bits per heavy atom. The number of pyridine rings is 3. The number of aryl methyl sites for hydroxylation is 2. The smallest absolute Gasteiger partial charge is 0.0770 e. The molecule has 0 amide bonds. The largest absolute Gasteiger partial charge is 0.305 e. The van der Waals surface area contributed by atoms with Crippen molar-refractivity contribution >= 4 is 10.9 Å². The van der Waals surface area contributed by atoms with Crippen LogP contribution in [0.4, 0.5) is 0 Å². The van der Waals surface area contributed by atoms with E-state index in [2.05, 4.69) is 121 Å². The second kappa shape index (κ2) is 15.6. The van der Waals surface area contributed by atoms with E-state index in [1.54, 1.807) is 0 Å². The summed E-state index contributed by atoms with van der Waals surface area (Å²) in [6.45, 7) is 4.18. The van der Waals surface area contributed by atoms with Gasteiger partial charge in [0.2, 0.25) is 0 Å². The van der Waals surface area contributed by atoms with Crippen molar-refractivity contribution in [2.75, 3.05) is 0 Å². The summed E-state index contributed by atoms with van der Waals surface area (Å²) in [7, 11) is 0. The van der Waals surface area contributed by atoms with Gasteiger partial charge in [-0.05, 0) is 65.7 Å². The molecule has 49 heavy (non-hydrogen) atoms. The van der Waals surface area contributed by atoms with Crippen molar-refractivity contribution in [1.29, 1.82) is 0 Å². The van der Waals surface area contributed by atoms with Crippen molar-refractivity contribution in [2.45, 2.75) is 13.8 Å². The van der Waals surface area contributed by atoms with Crippen LogP contribution in [0, 0.1) is 26.0 Å². The van der Waals surface area contributed by atoms with E-state index in [4.69, 9.17) is 4.98 Å². The quantitative estimate of drug-likeness (QED) is 0.163. The summed E-state index contributed by atoms with van der Waals surface area (Å²) in [5, 5.41) is 1.14. The van der Waals surface area contributed by atoms with Crippen LogP contribution in [0.2, 0.25) is 0 Å². The van der Waals surface area contributed by atoms with Gasteiger partial charge in [0.25, 0.3) is 0 Å². The zero-order valence-corrected chi connectivity index (χ0v) is 29.7. The molecule has 0 atom stereocenters. The van der Waals surface area contributed by atoms with Crippen molar-refractivity contribution in [3.8, 4) is 55.9 Å². The van der Waals surface area contributed by atoms with E-state index in [0.717, 1.165) is 55.7 Å². The molecule has 0 fully saturated rings. The summed E-state index contributed by atoms with van der Waals surface area (Å²) < 4.78 is 0. The molecule has 8 rings (SSSR count). The molecule has 3 nitrogen and oxygen atoms in total. The van der Waals surface area contributed by atoms with Crippen LogP contribution in [0.1, 0.15) is 11.1 Å². The van der Waals surface area contributed by atoms with Gasteiger partial charge in [-0.3, -0.25) is 4.98 Å². The second-order valence-electron chi connectivity index (χ2n) is 11.7. The molecule has 3 aromatic heterocycles. The van der Waals surface area contributed by atoms with Crippen LogP contribution in [-0.4, -0.2) is 15.0 Å². The number of nitrogens with zero attached hydrogens (tertiary/aromatic N) is 3. The van der Waals surface area contributed by atoms with Crippen molar-refractivity contribution < 1.29 is 20.1 Å². The molecule has 0 saturated carbocycles. The van der Waals surface area contributed by atoms with E-state index in [1.807, 2.05) is 79.3 Å². The Bertz CT molecular complexity index is 2290. The molecule has 5 aromatic carbocycles. The van der Waals surface area contributed by atoms with Crippen LogP contribution in [0.25, 0.3) is 66.8 Å². The Morgan fingerprint density at radius 3 is 1.96 bits per heavy atom. The Labute approximate surface area is 301 Å². The van der Waals surface area contributed by atoms with Gasteiger partial charge in [-0.2, -0.15) is 0 Å². The van der Waals surface area contributed by atoms with Gasteiger partial charge in [-0.25, -0.2) is 0 Å². The maximum absolute atomic E-state index is 5.01. The van der Waals surface area contributed by atoms with Crippen LogP contribution in [0.5, 0.6) is 0 Å². The van der Waals surface area contributed by atoms with Crippen molar-refractivity contribution in [3.05, 3.63) is 187 Å². The van der Waals surface area contributed by atoms with E-state index in [9.17, 15) is 0 Å². The molecule has 0 aliphatic rings. The molecule has 8 aromatic rings. The number of benzene rings is 5. The van der Waals surface area contributed by atoms with Gasteiger partial charge in [0.15, 0.2) is 0 Å². The number of hydrogen-bond donors (Lipinski definition) is 0. The van der Waals surface area contributed by atoms with Gasteiger partial charge >= 0.3 is 0 Å². The average molecular weight is 808 g/mol. The van der Waals surface area contributed by atoms with Crippen molar-refractivity contribution in [1.82, 2.24) is 15.0 Å². The van der Waals surface area contributed by atoms with E-state index in [-0.39, 0.29) is 20.1 Å². The third-order valence-electron chi connectivity index (χ3n) is 8.27. The zero-order chi connectivity index (χ0) is 32.7. The molecule has 0 N–H and O–H groups in total. The summed E-state index contributed by atoms with van der Waals surface area (Å²) in [5.74, 6) is 0. The Balaban J connectivity index is 0.000000250. The van der Waals surface area contributed by atoms with Crippen LogP contribution in [0.15, 0.2) is 164 Å². The molecular weight excluding hydrogens is 775 g/mol. The molecule has 0 unspecified atom stereocenters. The maximum atomic E-state index is 5.01. The molecule has 3 heterocycles. The van der Waals surface area contributed by atoms with Gasteiger partial charge in [-0.15, -0.1) is 65.7 Å². The third-order valence-corrected chi connectivity index (χ3v) is 8.27. The SMILES string of the molecule is Cc1ccc(-c2ccc(-c3cc[c-]c(-c4ccccn4)c3)c3ncc(-c4ccccc4)cc23)cc1.Cc1ccnc(-c2[c-]cccc2)c1.[Ir]. The summed E-state index contributed by atoms with van der Waals surface area (Å²) in [5.41, 5.74) is 14.2. The van der Waals surface area contributed by atoms with Gasteiger partial charge < -0.3 is 9.97 Å². The Kier molecular flexibility index (Phi) is 10.6. The summed E-state index contributed by atoms with van der Waals surface area (Å²) in [4.78, 5) is 13.8. The van der Waals surface area contributed by atoms with Crippen molar-refractivity contribution in [3.63, 3.8) is 0 Å². The zero-order valence-electron chi connectivity index (χ0n) is 27.3. The molecular formula is C45H33IrN3-2. The fraction of sp³-hybridized carbons (Fsp3) is 0.0444. The fourth-order valence-corrected chi connectivity index (χ4v) is 5.77. The summed E-state index contributed by atoms with van der Waals surface area (Å²) in [6.07, 6.45) is 5.62. The van der Waals surface area contributed by atoms with E-state index in [0.29, 0.717) is 0 Å². The molecule has 0 aliphatic carbocycles. The van der Waals surface area contributed by atoms with Crippen LogP contribution in [-0.2, 0) is 20.1 Å². The number of aromatic nitrogens is 3. The second-order valence-corrected chi connectivity index (χ2v) is 11.7. The number of rotatable bonds is 5. The van der Waals surface area contributed by atoms with Gasteiger partial charge in [0.1, 0.15) is 0 Å². The minimum atomic E-state index is 0. The van der Waals surface area contributed by atoms with E-state index in [1.165, 1.54) is 22.3 Å². The number of fused-ring (bicyclic) bond motifs is 1. The van der Waals surface area contributed by atoms with Crippen molar-refractivity contribution in [2.24, 2.45) is 0 Å². The Morgan fingerprint density at radius 2 is 1.20 bits per heavy atom. The fourth-order valence-electron chi connectivity index (χ4n) is 5.77. The van der Waals surface area contributed by atoms with E-state index >= 15 is 0 Å². The first-order valence-electron chi connectivity index (χ1n) is 16.0. The first kappa shape index (κ1) is 33.4. The van der Waals surface area contributed by atoms with Gasteiger partial charge in [0.05, 0.1) is 5.52 Å². The van der Waals surface area contributed by atoms with Gasteiger partial charge in [-0.1, -0.05) is 102 Å². The van der Waals surface area contributed by atoms with Crippen LogP contribution < -0.4 is 0 Å². The van der Waals surface area contributed by atoms with Crippen LogP contribution >= 0.6 is 0 Å². The molecule has 0 bridgehead atoms. The molecule has 239 valence electrons. The Hall–Kier alpha value is -5.54. The normalized spacial score (nSPS) is 10.5. The molecule has 1 radical (unpaired) electrons. The molecule has 0 spiro atoms.